The van der Waals surface area contributed by atoms with E-state index < -0.39 is 0 Å². The van der Waals surface area contributed by atoms with Gasteiger partial charge in [0.05, 0.1) is 6.04 Å². The summed E-state index contributed by atoms with van der Waals surface area (Å²) in [7, 11) is 0. The molecule has 0 saturated carbocycles. The van der Waals surface area contributed by atoms with Crippen LogP contribution in [0, 0.1) is 0 Å². The fraction of sp³-hybridized carbons (Fsp3) is 0.273. The van der Waals surface area contributed by atoms with Gasteiger partial charge in [-0.15, -0.1) is 22.0 Å². The molecule has 0 radical (unpaired) electrons. The number of aromatic amines is 1. The third-order valence-electron chi connectivity index (χ3n) is 2.79. The minimum absolute atomic E-state index is 0.00249. The van der Waals surface area contributed by atoms with Crippen molar-refractivity contribution in [2.24, 2.45) is 0 Å². The fourth-order valence-electron chi connectivity index (χ4n) is 1.78. The van der Waals surface area contributed by atoms with Gasteiger partial charge >= 0.3 is 0 Å². The third kappa shape index (κ3) is 2.74. The number of rotatable bonds is 3. The van der Waals surface area contributed by atoms with Crippen molar-refractivity contribution in [1.82, 2.24) is 25.9 Å². The Morgan fingerprint density at radius 3 is 2.84 bits per heavy atom. The van der Waals surface area contributed by atoms with E-state index in [1.165, 1.54) is 0 Å². The highest BCUT2D eigenvalue weighted by molar-refractivity contribution is 7.99. The molecular formula is C11H12N6OS. The summed E-state index contributed by atoms with van der Waals surface area (Å²) in [5, 5.41) is 19.7. The molecule has 98 valence electrons. The molecule has 1 atom stereocenters. The van der Waals surface area contributed by atoms with Crippen LogP contribution in [0.25, 0.3) is 11.4 Å². The molecule has 3 rings (SSSR count). The van der Waals surface area contributed by atoms with E-state index in [1.807, 2.05) is 24.3 Å². The lowest BCUT2D eigenvalue weighted by atomic mass is 10.2. The van der Waals surface area contributed by atoms with E-state index in [2.05, 4.69) is 31.3 Å². The second-order valence-electron chi connectivity index (χ2n) is 4.07. The SMILES string of the molecule is O=C(Nc1ccc(-c2nn[nH]n2)cc1)C1CSCN1. The highest BCUT2D eigenvalue weighted by Crippen LogP contribution is 2.17. The minimum atomic E-state index is -0.109. The number of hydrogen-bond acceptors (Lipinski definition) is 6. The number of carbonyl (C=O) groups excluding carboxylic acids is 1. The molecule has 1 aliphatic rings. The Balaban J connectivity index is 1.67. The average molecular weight is 276 g/mol. The Labute approximate surface area is 113 Å². The highest BCUT2D eigenvalue weighted by Gasteiger charge is 2.22. The predicted octanol–water partition coefficient (Wildman–Crippen LogP) is 0.468. The quantitative estimate of drug-likeness (QED) is 0.754. The number of tetrazole rings is 1. The van der Waals surface area contributed by atoms with Gasteiger partial charge in [-0.2, -0.15) is 5.21 Å². The van der Waals surface area contributed by atoms with Crippen molar-refractivity contribution in [2.75, 3.05) is 16.9 Å². The molecule has 1 aromatic carbocycles. The molecule has 2 aromatic rings. The second kappa shape index (κ2) is 5.37. The first-order valence-corrected chi connectivity index (χ1v) is 6.94. The summed E-state index contributed by atoms with van der Waals surface area (Å²) in [4.78, 5) is 11.9. The monoisotopic (exact) mass is 276 g/mol. The smallest absolute Gasteiger partial charge is 0.242 e. The molecule has 19 heavy (non-hydrogen) atoms. The molecule has 0 aliphatic carbocycles. The van der Waals surface area contributed by atoms with E-state index in [-0.39, 0.29) is 11.9 Å². The minimum Gasteiger partial charge on any atom is -0.325 e. The summed E-state index contributed by atoms with van der Waals surface area (Å²) in [6.45, 7) is 0. The first-order chi connectivity index (χ1) is 9.33. The van der Waals surface area contributed by atoms with Gasteiger partial charge in [-0.25, -0.2) is 0 Å². The van der Waals surface area contributed by atoms with E-state index in [0.29, 0.717) is 5.82 Å². The zero-order chi connectivity index (χ0) is 13.1. The van der Waals surface area contributed by atoms with Crippen molar-refractivity contribution in [3.8, 4) is 11.4 Å². The number of benzene rings is 1. The maximum Gasteiger partial charge on any atom is 0.242 e. The molecule has 3 N–H and O–H groups in total. The Morgan fingerprint density at radius 1 is 1.37 bits per heavy atom. The number of nitrogens with one attached hydrogen (secondary N) is 3. The fourth-order valence-corrected chi connectivity index (χ4v) is 2.72. The van der Waals surface area contributed by atoms with E-state index in [9.17, 15) is 4.79 Å². The molecule has 0 bridgehead atoms. The van der Waals surface area contributed by atoms with Crippen LogP contribution in [0.5, 0.6) is 0 Å². The Hall–Kier alpha value is -1.93. The van der Waals surface area contributed by atoms with Gasteiger partial charge < -0.3 is 5.32 Å². The molecule has 1 aliphatic heterocycles. The molecule has 1 fully saturated rings. The molecule has 1 amide bonds. The largest absolute Gasteiger partial charge is 0.325 e. The van der Waals surface area contributed by atoms with Crippen LogP contribution < -0.4 is 10.6 Å². The number of hydrogen-bond donors (Lipinski definition) is 3. The maximum atomic E-state index is 11.9. The Bertz CT molecular complexity index is 549. The number of amides is 1. The molecule has 1 unspecified atom stereocenters. The lowest BCUT2D eigenvalue weighted by molar-refractivity contribution is -0.117. The number of thioether (sulfide) groups is 1. The van der Waals surface area contributed by atoms with Gasteiger partial charge in [0, 0.05) is 22.9 Å². The first kappa shape index (κ1) is 12.1. The number of aromatic nitrogens is 4. The number of H-pyrrole nitrogens is 1. The summed E-state index contributed by atoms with van der Waals surface area (Å²) in [5.41, 5.74) is 1.61. The van der Waals surface area contributed by atoms with E-state index in [1.54, 1.807) is 11.8 Å². The maximum absolute atomic E-state index is 11.9. The summed E-state index contributed by atoms with van der Waals surface area (Å²) in [6.07, 6.45) is 0. The van der Waals surface area contributed by atoms with Gasteiger partial charge in [0.1, 0.15) is 0 Å². The van der Waals surface area contributed by atoms with Gasteiger partial charge in [-0.3, -0.25) is 10.1 Å². The standard InChI is InChI=1S/C11H12N6OS/c18-11(9-5-19-6-12-9)13-8-3-1-7(2-4-8)10-14-16-17-15-10/h1-4,9,12H,5-6H2,(H,13,18)(H,14,15,16,17). The summed E-state index contributed by atoms with van der Waals surface area (Å²) >= 11 is 1.72. The topological polar surface area (TPSA) is 95.6 Å². The zero-order valence-corrected chi connectivity index (χ0v) is 10.8. The van der Waals surface area contributed by atoms with E-state index >= 15 is 0 Å². The second-order valence-corrected chi connectivity index (χ2v) is 5.10. The van der Waals surface area contributed by atoms with Crippen molar-refractivity contribution >= 4 is 23.4 Å². The number of carbonyl (C=O) groups is 1. The normalized spacial score (nSPS) is 18.4. The first-order valence-electron chi connectivity index (χ1n) is 5.79. The van der Waals surface area contributed by atoms with Crippen LogP contribution in [0.2, 0.25) is 0 Å². The number of nitrogens with zero attached hydrogens (tertiary/aromatic N) is 3. The van der Waals surface area contributed by atoms with Gasteiger partial charge in [-0.1, -0.05) is 0 Å². The predicted molar refractivity (Wildman–Crippen MR) is 72.5 cm³/mol. The van der Waals surface area contributed by atoms with Gasteiger partial charge in [0.15, 0.2) is 0 Å². The lowest BCUT2D eigenvalue weighted by Crippen LogP contribution is -2.37. The summed E-state index contributed by atoms with van der Waals surface area (Å²) in [6, 6.07) is 7.23. The van der Waals surface area contributed by atoms with Crippen LogP contribution >= 0.6 is 11.8 Å². The van der Waals surface area contributed by atoms with Crippen LogP contribution in [0.3, 0.4) is 0 Å². The molecule has 7 nitrogen and oxygen atoms in total. The molecule has 1 saturated heterocycles. The van der Waals surface area contributed by atoms with Crippen molar-refractivity contribution in [3.05, 3.63) is 24.3 Å². The van der Waals surface area contributed by atoms with Crippen molar-refractivity contribution in [3.63, 3.8) is 0 Å². The molecule has 2 heterocycles. The summed E-state index contributed by atoms with van der Waals surface area (Å²) < 4.78 is 0. The van der Waals surface area contributed by atoms with E-state index in [4.69, 9.17) is 0 Å². The van der Waals surface area contributed by atoms with Crippen molar-refractivity contribution < 1.29 is 4.79 Å². The molecule has 1 aromatic heterocycles. The van der Waals surface area contributed by atoms with Crippen LogP contribution in [0.15, 0.2) is 24.3 Å². The van der Waals surface area contributed by atoms with Crippen molar-refractivity contribution in [2.45, 2.75) is 6.04 Å². The lowest BCUT2D eigenvalue weighted by Gasteiger charge is -2.10. The zero-order valence-electron chi connectivity index (χ0n) is 9.96. The van der Waals surface area contributed by atoms with Gasteiger partial charge in [0.2, 0.25) is 11.7 Å². The highest BCUT2D eigenvalue weighted by atomic mass is 32.2. The summed E-state index contributed by atoms with van der Waals surface area (Å²) in [5.74, 6) is 2.17. The van der Waals surface area contributed by atoms with Crippen LogP contribution in [-0.2, 0) is 4.79 Å². The molecular weight excluding hydrogens is 264 g/mol. The van der Waals surface area contributed by atoms with Crippen molar-refractivity contribution in [1.29, 1.82) is 0 Å². The van der Waals surface area contributed by atoms with Crippen LogP contribution in [0.4, 0.5) is 5.69 Å². The Morgan fingerprint density at radius 2 is 2.21 bits per heavy atom. The Kier molecular flexibility index (Phi) is 3.43. The van der Waals surface area contributed by atoms with Crippen LogP contribution in [-0.4, -0.2) is 44.2 Å². The third-order valence-corrected chi connectivity index (χ3v) is 3.73. The molecule has 8 heteroatoms. The van der Waals surface area contributed by atoms with Gasteiger partial charge in [0.25, 0.3) is 0 Å². The number of anilines is 1. The molecule has 0 spiro atoms. The van der Waals surface area contributed by atoms with Gasteiger partial charge in [-0.05, 0) is 29.5 Å². The van der Waals surface area contributed by atoms with E-state index in [0.717, 1.165) is 22.9 Å². The van der Waals surface area contributed by atoms with Crippen LogP contribution in [0.1, 0.15) is 0 Å². The average Bonchev–Trinajstić information content (AvgIpc) is 3.13.